The molecule has 12 nitrogen and oxygen atoms in total. The van der Waals surface area contributed by atoms with Crippen molar-refractivity contribution in [1.82, 2.24) is 10.6 Å². The SMILES string of the molecule is Cc1cc(CNC(C)CO)c(OCc2cc(F)cc(F)c2)cc1OCc1cccc(-c2cccc(COc3cc(OCc4cc(F)cc(F)c4)c(CNC(C)CO)cc3C)c2C)c1C.O=CO.O=CO. The van der Waals surface area contributed by atoms with Crippen LogP contribution in [-0.4, -0.2) is 58.7 Å². The molecule has 6 N–H and O–H groups in total. The lowest BCUT2D eigenvalue weighted by Crippen LogP contribution is -2.28. The average Bonchev–Trinajstić information content (AvgIpc) is 3.31. The number of aryl methyl sites for hydroxylation is 2. The first kappa shape index (κ1) is 55.6. The molecule has 2 unspecified atom stereocenters. The molecule has 6 aromatic carbocycles. The van der Waals surface area contributed by atoms with Crippen molar-refractivity contribution in [2.24, 2.45) is 0 Å². The highest BCUT2D eigenvalue weighted by Gasteiger charge is 2.17. The third kappa shape index (κ3) is 16.6. The standard InChI is InChI=1S/C52H56F4N2O6.2CH2O2/c1-31-13-41(23-57-33(3)25-59)51(61-27-37-15-43(53)19-44(54)16-37)21-49(31)63-29-39-9-7-11-47(35(39)5)48-12-8-10-40(36(48)6)30-64-50-22-52(42(14-32(50)2)24-58-34(4)26-60)62-28-38-17-45(55)20-46(56)18-38;2*2-1-3/h7-22,33-34,57-60H,23-30H2,1-6H3;2*1H,(H,2,3). The highest BCUT2D eigenvalue weighted by atomic mass is 19.1. The van der Waals surface area contributed by atoms with E-state index in [2.05, 4.69) is 36.6 Å². The van der Waals surface area contributed by atoms with Crippen molar-refractivity contribution in [3.63, 3.8) is 0 Å². The van der Waals surface area contributed by atoms with Crippen molar-refractivity contribution < 1.29 is 66.5 Å². The molecule has 374 valence electrons. The van der Waals surface area contributed by atoms with Crippen LogP contribution in [0.2, 0.25) is 0 Å². The number of ether oxygens (including phenoxy) is 4. The van der Waals surface area contributed by atoms with E-state index >= 15 is 0 Å². The number of halogens is 4. The van der Waals surface area contributed by atoms with Gasteiger partial charge in [0.2, 0.25) is 0 Å². The molecule has 70 heavy (non-hydrogen) atoms. The Balaban J connectivity index is 0.00000169. The summed E-state index contributed by atoms with van der Waals surface area (Å²) in [6.07, 6.45) is 0. The Kier molecular flexibility index (Phi) is 22.1. The maximum absolute atomic E-state index is 14.0. The molecule has 0 aliphatic rings. The van der Waals surface area contributed by atoms with Crippen molar-refractivity contribution in [2.75, 3.05) is 13.2 Å². The predicted molar refractivity (Wildman–Crippen MR) is 258 cm³/mol. The smallest absolute Gasteiger partial charge is 0.290 e. The van der Waals surface area contributed by atoms with Crippen LogP contribution in [0.1, 0.15) is 69.5 Å². The van der Waals surface area contributed by atoms with Gasteiger partial charge in [-0.1, -0.05) is 36.4 Å². The van der Waals surface area contributed by atoms with Gasteiger partial charge in [-0.15, -0.1) is 0 Å². The quantitative estimate of drug-likeness (QED) is 0.0298. The number of carbonyl (C=O) groups is 2. The van der Waals surface area contributed by atoms with E-state index in [0.29, 0.717) is 47.2 Å². The summed E-state index contributed by atoms with van der Waals surface area (Å²) in [5, 5.41) is 39.4. The summed E-state index contributed by atoms with van der Waals surface area (Å²) in [5.41, 5.74) is 10.2. The first-order chi connectivity index (χ1) is 33.5. The lowest BCUT2D eigenvalue weighted by Gasteiger charge is -2.20. The van der Waals surface area contributed by atoms with Crippen molar-refractivity contribution in [3.8, 4) is 34.1 Å². The molecule has 6 aromatic rings. The Bertz CT molecular complexity index is 2450. The molecule has 0 amide bonds. The molecular formula is C54H60F4N2O10. The number of rotatable bonds is 21. The van der Waals surface area contributed by atoms with E-state index in [9.17, 15) is 27.8 Å². The number of hydrogen-bond donors (Lipinski definition) is 6. The number of carboxylic acid groups (broad SMARTS) is 2. The lowest BCUT2D eigenvalue weighted by atomic mass is 9.92. The van der Waals surface area contributed by atoms with E-state index in [0.717, 1.165) is 67.8 Å². The second kappa shape index (κ2) is 27.9. The Labute approximate surface area is 405 Å². The molecule has 16 heteroatoms. The molecule has 0 bridgehead atoms. The fraction of sp³-hybridized carbons (Fsp3) is 0.296. The minimum Gasteiger partial charge on any atom is -0.488 e. The van der Waals surface area contributed by atoms with Crippen molar-refractivity contribution in [3.05, 3.63) is 176 Å². The van der Waals surface area contributed by atoms with Crippen LogP contribution in [0.4, 0.5) is 17.6 Å². The van der Waals surface area contributed by atoms with E-state index in [-0.39, 0.29) is 64.7 Å². The number of aliphatic hydroxyl groups excluding tert-OH is 2. The summed E-state index contributed by atoms with van der Waals surface area (Å²) in [7, 11) is 0. The molecule has 0 spiro atoms. The summed E-state index contributed by atoms with van der Waals surface area (Å²) in [6.45, 7) is 12.3. The largest absolute Gasteiger partial charge is 0.488 e. The van der Waals surface area contributed by atoms with Gasteiger partial charge < -0.3 is 50.0 Å². The normalized spacial score (nSPS) is 11.5. The van der Waals surface area contributed by atoms with Gasteiger partial charge in [-0.2, -0.15) is 0 Å². The Morgan fingerprint density at radius 2 is 0.814 bits per heavy atom. The summed E-state index contributed by atoms with van der Waals surface area (Å²) in [6, 6.07) is 26.0. The molecule has 0 heterocycles. The summed E-state index contributed by atoms with van der Waals surface area (Å²) in [5.74, 6) is -0.576. The molecular weight excluding hydrogens is 913 g/mol. The van der Waals surface area contributed by atoms with E-state index in [1.165, 1.54) is 24.3 Å². The van der Waals surface area contributed by atoms with Crippen molar-refractivity contribution >= 4 is 12.9 Å². The monoisotopic (exact) mass is 972 g/mol. The average molecular weight is 973 g/mol. The van der Waals surface area contributed by atoms with E-state index in [4.69, 9.17) is 38.7 Å². The second-order valence-electron chi connectivity index (χ2n) is 16.5. The Morgan fingerprint density at radius 1 is 0.486 bits per heavy atom. The zero-order valence-electron chi connectivity index (χ0n) is 40.0. The van der Waals surface area contributed by atoms with Crippen LogP contribution in [0.25, 0.3) is 11.1 Å². The van der Waals surface area contributed by atoms with Crippen molar-refractivity contribution in [2.45, 2.75) is 93.1 Å². The molecule has 6 rings (SSSR count). The van der Waals surface area contributed by atoms with Crippen LogP contribution < -0.4 is 29.6 Å². The van der Waals surface area contributed by atoms with Crippen LogP contribution in [0, 0.1) is 51.0 Å². The van der Waals surface area contributed by atoms with Gasteiger partial charge in [-0.25, -0.2) is 17.6 Å². The fourth-order valence-corrected chi connectivity index (χ4v) is 7.30. The van der Waals surface area contributed by atoms with Gasteiger partial charge in [0.15, 0.2) is 0 Å². The lowest BCUT2D eigenvalue weighted by molar-refractivity contribution is -0.123. The molecule has 0 saturated carbocycles. The predicted octanol–water partition coefficient (Wildman–Crippen LogP) is 9.80. The summed E-state index contributed by atoms with van der Waals surface area (Å²) in [4.78, 5) is 16.7. The van der Waals surface area contributed by atoms with Gasteiger partial charge in [0.1, 0.15) is 72.7 Å². The molecule has 0 aromatic heterocycles. The minimum absolute atomic E-state index is 0.0435. The topological polar surface area (TPSA) is 176 Å². The van der Waals surface area contributed by atoms with Crippen LogP contribution in [-0.2, 0) is 49.1 Å². The van der Waals surface area contributed by atoms with Crippen LogP contribution in [0.5, 0.6) is 23.0 Å². The maximum atomic E-state index is 14.0. The van der Waals surface area contributed by atoms with Gasteiger partial charge >= 0.3 is 0 Å². The molecule has 0 saturated heterocycles. The summed E-state index contributed by atoms with van der Waals surface area (Å²) >= 11 is 0. The maximum Gasteiger partial charge on any atom is 0.290 e. The number of hydrogen-bond acceptors (Lipinski definition) is 10. The first-order valence-electron chi connectivity index (χ1n) is 22.2. The second-order valence-corrected chi connectivity index (χ2v) is 16.5. The van der Waals surface area contributed by atoms with Crippen molar-refractivity contribution in [1.29, 1.82) is 0 Å². The third-order valence-corrected chi connectivity index (χ3v) is 11.1. The molecule has 0 fully saturated rings. The van der Waals surface area contributed by atoms with Gasteiger partial charge in [0.25, 0.3) is 12.9 Å². The molecule has 0 aliphatic heterocycles. The highest BCUT2D eigenvalue weighted by molar-refractivity contribution is 5.72. The van der Waals surface area contributed by atoms with E-state index < -0.39 is 23.3 Å². The zero-order valence-corrected chi connectivity index (χ0v) is 40.0. The Morgan fingerprint density at radius 3 is 1.14 bits per heavy atom. The van der Waals surface area contributed by atoms with Gasteiger partial charge in [-0.3, -0.25) is 9.59 Å². The van der Waals surface area contributed by atoms with Crippen LogP contribution in [0.15, 0.2) is 97.1 Å². The van der Waals surface area contributed by atoms with Crippen LogP contribution in [0.3, 0.4) is 0 Å². The van der Waals surface area contributed by atoms with Gasteiger partial charge in [0.05, 0.1) is 13.2 Å². The van der Waals surface area contributed by atoms with E-state index in [1.54, 1.807) is 12.1 Å². The molecule has 2 atom stereocenters. The van der Waals surface area contributed by atoms with Crippen LogP contribution >= 0.6 is 0 Å². The summed E-state index contributed by atoms with van der Waals surface area (Å²) < 4.78 is 81.0. The molecule has 0 aliphatic carbocycles. The fourth-order valence-electron chi connectivity index (χ4n) is 7.30. The highest BCUT2D eigenvalue weighted by Crippen LogP contribution is 2.35. The Hall–Kier alpha value is -6.98. The minimum atomic E-state index is -0.685. The first-order valence-corrected chi connectivity index (χ1v) is 22.2. The third-order valence-electron chi connectivity index (χ3n) is 11.1. The van der Waals surface area contributed by atoms with Gasteiger partial charge in [0, 0.05) is 60.6 Å². The van der Waals surface area contributed by atoms with E-state index in [1.807, 2.05) is 64.1 Å². The zero-order chi connectivity index (χ0) is 51.3. The number of benzene rings is 6. The molecule has 0 radical (unpaired) electrons. The number of aliphatic hydroxyl groups is 2. The number of nitrogens with one attached hydrogen (secondary N) is 2. The van der Waals surface area contributed by atoms with Gasteiger partial charge in [-0.05, 0) is 134 Å².